The molecule has 0 aliphatic carbocycles. The quantitative estimate of drug-likeness (QED) is 0.0473. The molecule has 0 fully saturated rings. The Morgan fingerprint density at radius 3 is 1.06 bits per heavy atom. The first-order chi connectivity index (χ1) is 26.2. The van der Waals surface area contributed by atoms with Crippen LogP contribution in [0.4, 0.5) is 0 Å². The third kappa shape index (κ3) is 9.11. The van der Waals surface area contributed by atoms with Gasteiger partial charge in [0.1, 0.15) is 5.78 Å². The monoisotopic (exact) mass is 714 g/mol. The molecule has 1 atom stereocenters. The topological polar surface area (TPSA) is 17.1 Å². The molecule has 6 aromatic rings. The highest BCUT2D eigenvalue weighted by atomic mass is 32.1. The fourth-order valence-electron chi connectivity index (χ4n) is 8.53. The highest BCUT2D eigenvalue weighted by molar-refractivity contribution is 7.81. The van der Waals surface area contributed by atoms with Gasteiger partial charge in [0.05, 0.1) is 5.41 Å². The van der Waals surface area contributed by atoms with E-state index in [2.05, 4.69) is 182 Å². The summed E-state index contributed by atoms with van der Waals surface area (Å²) in [5.41, 5.74) is 7.23. The van der Waals surface area contributed by atoms with Gasteiger partial charge < -0.3 is 0 Å². The van der Waals surface area contributed by atoms with Crippen LogP contribution in [0.15, 0.2) is 182 Å². The lowest BCUT2D eigenvalue weighted by Gasteiger charge is -2.41. The van der Waals surface area contributed by atoms with E-state index in [-0.39, 0.29) is 16.1 Å². The summed E-state index contributed by atoms with van der Waals surface area (Å²) in [6, 6.07) is 65.5. The van der Waals surface area contributed by atoms with E-state index in [1.54, 1.807) is 0 Å². The first-order valence-corrected chi connectivity index (χ1v) is 20.2. The number of unbranched alkanes of at least 4 members (excludes halogenated alkanes) is 5. The molecule has 2 heteroatoms. The Hall–Kier alpha value is -4.66. The Labute approximate surface area is 324 Å². The molecule has 0 aliphatic rings. The van der Waals surface area contributed by atoms with Crippen molar-refractivity contribution in [2.45, 2.75) is 86.7 Å². The van der Waals surface area contributed by atoms with Crippen LogP contribution in [0, 0.1) is 0 Å². The molecule has 0 amide bonds. The number of rotatable bonds is 20. The number of carbonyl (C=O) groups excluding carboxylic acids is 1. The van der Waals surface area contributed by atoms with Gasteiger partial charge in [-0.05, 0) is 59.1 Å². The Bertz CT molecular complexity index is 1710. The van der Waals surface area contributed by atoms with Crippen molar-refractivity contribution >= 4 is 18.4 Å². The summed E-state index contributed by atoms with van der Waals surface area (Å²) in [5, 5.41) is 0.0785. The predicted octanol–water partition coefficient (Wildman–Crippen LogP) is 13.2. The van der Waals surface area contributed by atoms with Gasteiger partial charge in [-0.2, -0.15) is 12.6 Å². The Morgan fingerprint density at radius 1 is 0.396 bits per heavy atom. The zero-order valence-electron chi connectivity index (χ0n) is 31.0. The van der Waals surface area contributed by atoms with Crippen LogP contribution >= 0.6 is 12.6 Å². The smallest absolute Gasteiger partial charge is 0.132 e. The molecule has 1 unspecified atom stereocenters. The molecular weight excluding hydrogens is 661 g/mol. The molecule has 270 valence electrons. The predicted molar refractivity (Wildman–Crippen MR) is 227 cm³/mol. The van der Waals surface area contributed by atoms with Gasteiger partial charge in [-0.1, -0.05) is 214 Å². The van der Waals surface area contributed by atoms with Crippen LogP contribution in [0.5, 0.6) is 0 Å². The van der Waals surface area contributed by atoms with Gasteiger partial charge in [0.15, 0.2) is 0 Å². The Morgan fingerprint density at radius 2 is 0.698 bits per heavy atom. The summed E-state index contributed by atoms with van der Waals surface area (Å²) < 4.78 is 0. The molecule has 0 N–H and O–H groups in total. The SMILES string of the molecule is O=C(CCCCCCC(c1ccccc1)(c1ccccc1)c1ccccc1)CCCCCC(S)C(c1ccccc1)(c1ccccc1)c1ccccc1. The summed E-state index contributed by atoms with van der Waals surface area (Å²) in [5.74, 6) is 0.409. The minimum absolute atomic E-state index is 0.0785. The van der Waals surface area contributed by atoms with E-state index in [4.69, 9.17) is 12.6 Å². The Balaban J connectivity index is 0.993. The molecule has 1 nitrogen and oxygen atoms in total. The summed E-state index contributed by atoms with van der Waals surface area (Å²) in [4.78, 5) is 13.0. The van der Waals surface area contributed by atoms with Gasteiger partial charge in [0.2, 0.25) is 0 Å². The molecule has 53 heavy (non-hydrogen) atoms. The normalized spacial score (nSPS) is 12.3. The third-order valence-electron chi connectivity index (χ3n) is 11.2. The number of hydrogen-bond acceptors (Lipinski definition) is 2. The average molecular weight is 715 g/mol. The second-order valence-corrected chi connectivity index (χ2v) is 15.1. The van der Waals surface area contributed by atoms with Crippen molar-refractivity contribution in [3.8, 4) is 0 Å². The highest BCUT2D eigenvalue weighted by Crippen LogP contribution is 2.46. The lowest BCUT2D eigenvalue weighted by Crippen LogP contribution is -2.39. The van der Waals surface area contributed by atoms with Crippen molar-refractivity contribution in [3.63, 3.8) is 0 Å². The van der Waals surface area contributed by atoms with Crippen LogP contribution in [0.1, 0.15) is 104 Å². The van der Waals surface area contributed by atoms with E-state index in [0.29, 0.717) is 18.6 Å². The van der Waals surface area contributed by atoms with Gasteiger partial charge >= 0.3 is 0 Å². The first kappa shape index (κ1) is 38.1. The van der Waals surface area contributed by atoms with E-state index in [9.17, 15) is 4.79 Å². The zero-order valence-corrected chi connectivity index (χ0v) is 31.9. The van der Waals surface area contributed by atoms with E-state index >= 15 is 0 Å². The zero-order chi connectivity index (χ0) is 36.6. The first-order valence-electron chi connectivity index (χ1n) is 19.7. The molecule has 0 aliphatic heterocycles. The van der Waals surface area contributed by atoms with Crippen LogP contribution < -0.4 is 0 Å². The minimum Gasteiger partial charge on any atom is -0.300 e. The van der Waals surface area contributed by atoms with Gasteiger partial charge in [-0.25, -0.2) is 0 Å². The van der Waals surface area contributed by atoms with Gasteiger partial charge in [-0.3, -0.25) is 4.79 Å². The van der Waals surface area contributed by atoms with Crippen molar-refractivity contribution in [1.82, 2.24) is 0 Å². The van der Waals surface area contributed by atoms with Crippen LogP contribution in [-0.2, 0) is 15.6 Å². The molecule has 6 rings (SSSR count). The summed E-state index contributed by atoms with van der Waals surface area (Å²) in [6.07, 6.45) is 10.7. The fourth-order valence-corrected chi connectivity index (χ4v) is 9.16. The maximum Gasteiger partial charge on any atom is 0.132 e. The van der Waals surface area contributed by atoms with Gasteiger partial charge in [0, 0.05) is 23.5 Å². The molecule has 0 bridgehead atoms. The number of hydrogen-bond donors (Lipinski definition) is 1. The van der Waals surface area contributed by atoms with Crippen LogP contribution in [0.3, 0.4) is 0 Å². The summed E-state index contributed by atoms with van der Waals surface area (Å²) in [6.45, 7) is 0. The highest BCUT2D eigenvalue weighted by Gasteiger charge is 2.41. The molecular formula is C51H54OS. The summed E-state index contributed by atoms with van der Waals surface area (Å²) in [7, 11) is 0. The largest absolute Gasteiger partial charge is 0.300 e. The number of thiol groups is 1. The maximum atomic E-state index is 13.0. The van der Waals surface area contributed by atoms with E-state index in [0.717, 1.165) is 57.8 Å². The standard InChI is InChI=1S/C51H54OS/c52-48(38-22-1-2-25-41-50(42-26-10-3-11-27-42,43-28-12-4-13-29-43)44-30-14-5-15-31-44)39-23-9-24-40-49(53)51(45-32-16-6-17-33-45,46-34-18-7-19-35-46)47-36-20-8-21-37-47/h3-8,10-21,26-37,49,53H,1-2,9,22-25,38-41H2. The second-order valence-electron chi connectivity index (χ2n) is 14.5. The average Bonchev–Trinajstić information content (AvgIpc) is 3.23. The van der Waals surface area contributed by atoms with Crippen molar-refractivity contribution < 1.29 is 4.79 Å². The van der Waals surface area contributed by atoms with E-state index < -0.39 is 0 Å². The molecule has 0 aromatic heterocycles. The minimum atomic E-state index is -0.369. The molecule has 0 saturated carbocycles. The summed E-state index contributed by atoms with van der Waals surface area (Å²) >= 11 is 5.37. The molecule has 0 heterocycles. The number of ketones is 1. The molecule has 0 saturated heterocycles. The Kier molecular flexibility index (Phi) is 14.0. The molecule has 0 spiro atoms. The number of carbonyl (C=O) groups is 1. The molecule has 6 aromatic carbocycles. The molecule has 0 radical (unpaired) electrons. The third-order valence-corrected chi connectivity index (χ3v) is 11.8. The van der Waals surface area contributed by atoms with Crippen LogP contribution in [0.25, 0.3) is 0 Å². The van der Waals surface area contributed by atoms with Crippen LogP contribution in [0.2, 0.25) is 0 Å². The lowest BCUT2D eigenvalue weighted by molar-refractivity contribution is -0.119. The second kappa shape index (κ2) is 19.4. The number of benzene rings is 6. The van der Waals surface area contributed by atoms with E-state index in [1.807, 2.05) is 0 Å². The van der Waals surface area contributed by atoms with Gasteiger partial charge in [-0.15, -0.1) is 0 Å². The maximum absolute atomic E-state index is 13.0. The van der Waals surface area contributed by atoms with Crippen molar-refractivity contribution in [2.75, 3.05) is 0 Å². The van der Waals surface area contributed by atoms with Crippen molar-refractivity contribution in [2.24, 2.45) is 0 Å². The fraction of sp³-hybridized carbons (Fsp3) is 0.275. The number of Topliss-reactive ketones (excluding diaryl/α,β-unsaturated/α-hetero) is 1. The lowest BCUT2D eigenvalue weighted by atomic mass is 9.66. The van der Waals surface area contributed by atoms with Crippen molar-refractivity contribution in [1.29, 1.82) is 0 Å². The van der Waals surface area contributed by atoms with Crippen LogP contribution in [-0.4, -0.2) is 11.0 Å². The van der Waals surface area contributed by atoms with E-state index in [1.165, 1.54) is 33.4 Å². The van der Waals surface area contributed by atoms with Crippen molar-refractivity contribution in [3.05, 3.63) is 215 Å². The van der Waals surface area contributed by atoms with Gasteiger partial charge in [0.25, 0.3) is 0 Å².